The van der Waals surface area contributed by atoms with Crippen LogP contribution in [0, 0.1) is 20.8 Å². The standard InChI is InChI=1S/C35H35N3O4/c1-25-20-26(2)34(27(3)21-25)36-35-37(19-18-33(39)40)24-41-23-32(42-35)22-28-14-16-31(17-15-28)38(29-10-6-4-7-11-29)30-12-8-5-9-13-30/h4-17,20-22H,18-19,23-24H2,1-3H3,(H,39,40)/b32-22+,36-35?. The number of hydrogen-bond acceptors (Lipinski definition) is 5. The first-order chi connectivity index (χ1) is 20.4. The minimum Gasteiger partial charge on any atom is -0.481 e. The summed E-state index contributed by atoms with van der Waals surface area (Å²) in [5, 5.41) is 9.30. The monoisotopic (exact) mass is 561 g/mol. The predicted octanol–water partition coefficient (Wildman–Crippen LogP) is 7.89. The molecule has 42 heavy (non-hydrogen) atoms. The van der Waals surface area contributed by atoms with Gasteiger partial charge in [0.1, 0.15) is 19.1 Å². The molecule has 0 atom stereocenters. The summed E-state index contributed by atoms with van der Waals surface area (Å²) in [4.78, 5) is 20.1. The summed E-state index contributed by atoms with van der Waals surface area (Å²) in [6.07, 6.45) is 1.88. The summed E-state index contributed by atoms with van der Waals surface area (Å²) in [6.45, 7) is 6.71. The van der Waals surface area contributed by atoms with Gasteiger partial charge >= 0.3 is 5.97 Å². The van der Waals surface area contributed by atoms with Crippen LogP contribution < -0.4 is 4.90 Å². The first-order valence-corrected chi connectivity index (χ1v) is 14.0. The van der Waals surface area contributed by atoms with Crippen molar-refractivity contribution in [2.75, 3.05) is 24.8 Å². The molecule has 1 aliphatic heterocycles. The molecule has 4 aromatic rings. The summed E-state index contributed by atoms with van der Waals surface area (Å²) in [5.41, 5.74) is 8.12. The molecule has 1 aliphatic rings. The predicted molar refractivity (Wildman–Crippen MR) is 168 cm³/mol. The number of aliphatic carboxylic acids is 1. The van der Waals surface area contributed by atoms with Crippen LogP contribution in [0.3, 0.4) is 0 Å². The van der Waals surface area contributed by atoms with Crippen LogP contribution in [0.25, 0.3) is 6.08 Å². The number of rotatable bonds is 8. The van der Waals surface area contributed by atoms with Gasteiger partial charge in [-0.25, -0.2) is 0 Å². The molecule has 1 N–H and O–H groups in total. The highest BCUT2D eigenvalue weighted by Crippen LogP contribution is 2.34. The molecular formula is C35H35N3O4. The minimum absolute atomic E-state index is 0.0581. The summed E-state index contributed by atoms with van der Waals surface area (Å²) in [7, 11) is 0. The molecule has 4 aromatic carbocycles. The Hall–Kier alpha value is -4.88. The van der Waals surface area contributed by atoms with Crippen LogP contribution in [0.1, 0.15) is 28.7 Å². The van der Waals surface area contributed by atoms with E-state index < -0.39 is 5.97 Å². The molecule has 0 radical (unpaired) electrons. The maximum absolute atomic E-state index is 11.3. The van der Waals surface area contributed by atoms with Crippen LogP contribution in [-0.4, -0.2) is 41.9 Å². The third kappa shape index (κ3) is 7.06. The minimum atomic E-state index is -0.891. The van der Waals surface area contributed by atoms with E-state index in [9.17, 15) is 9.90 Å². The van der Waals surface area contributed by atoms with Crippen molar-refractivity contribution in [1.82, 2.24) is 4.90 Å². The van der Waals surface area contributed by atoms with Crippen molar-refractivity contribution < 1.29 is 19.4 Å². The topological polar surface area (TPSA) is 74.6 Å². The number of hydrogen-bond donors (Lipinski definition) is 1. The second-order valence-electron chi connectivity index (χ2n) is 10.3. The number of carboxylic acid groups (broad SMARTS) is 1. The van der Waals surface area contributed by atoms with Crippen LogP contribution in [0.15, 0.2) is 108 Å². The number of aryl methyl sites for hydroxylation is 3. The number of ether oxygens (including phenoxy) is 2. The van der Waals surface area contributed by atoms with E-state index in [1.54, 1.807) is 4.90 Å². The first-order valence-electron chi connectivity index (χ1n) is 14.0. The lowest BCUT2D eigenvalue weighted by atomic mass is 10.1. The third-order valence-electron chi connectivity index (χ3n) is 6.93. The van der Waals surface area contributed by atoms with Gasteiger partial charge in [-0.1, -0.05) is 66.2 Å². The zero-order valence-corrected chi connectivity index (χ0v) is 24.2. The Kier molecular flexibility index (Phi) is 8.99. The molecule has 0 unspecified atom stereocenters. The zero-order chi connectivity index (χ0) is 29.5. The Morgan fingerprint density at radius 1 is 0.881 bits per heavy atom. The maximum Gasteiger partial charge on any atom is 0.305 e. The van der Waals surface area contributed by atoms with E-state index in [0.717, 1.165) is 45.0 Å². The Balaban J connectivity index is 1.45. The molecule has 0 aromatic heterocycles. The number of nitrogens with zero attached hydrogens (tertiary/aromatic N) is 3. The normalized spacial score (nSPS) is 15.4. The summed E-state index contributed by atoms with van der Waals surface area (Å²) >= 11 is 0. The highest BCUT2D eigenvalue weighted by Gasteiger charge is 2.22. The van der Waals surface area contributed by atoms with E-state index in [1.165, 1.54) is 0 Å². The molecule has 1 heterocycles. The van der Waals surface area contributed by atoms with Crippen molar-refractivity contribution in [2.24, 2.45) is 4.99 Å². The molecule has 0 bridgehead atoms. The molecule has 214 valence electrons. The lowest BCUT2D eigenvalue weighted by Crippen LogP contribution is -2.34. The molecule has 0 saturated carbocycles. The Morgan fingerprint density at radius 2 is 1.45 bits per heavy atom. The fourth-order valence-electron chi connectivity index (χ4n) is 5.03. The average molecular weight is 562 g/mol. The lowest BCUT2D eigenvalue weighted by molar-refractivity contribution is -0.137. The van der Waals surface area contributed by atoms with Gasteiger partial charge in [-0.3, -0.25) is 4.79 Å². The number of carbonyl (C=O) groups is 1. The Bertz CT molecular complexity index is 1520. The van der Waals surface area contributed by atoms with Crippen molar-refractivity contribution in [3.05, 3.63) is 125 Å². The van der Waals surface area contributed by atoms with Gasteiger partial charge in [0.05, 0.1) is 12.1 Å². The van der Waals surface area contributed by atoms with Crippen molar-refractivity contribution in [1.29, 1.82) is 0 Å². The molecule has 0 aliphatic carbocycles. The number of aliphatic imine (C=N–C) groups is 1. The fourth-order valence-corrected chi connectivity index (χ4v) is 5.03. The van der Waals surface area contributed by atoms with E-state index in [4.69, 9.17) is 14.5 Å². The number of carboxylic acids is 1. The molecular weight excluding hydrogens is 526 g/mol. The molecule has 0 amide bonds. The highest BCUT2D eigenvalue weighted by atomic mass is 16.6. The van der Waals surface area contributed by atoms with Gasteiger partial charge in [0.2, 0.25) is 0 Å². The largest absolute Gasteiger partial charge is 0.481 e. The zero-order valence-electron chi connectivity index (χ0n) is 24.2. The highest BCUT2D eigenvalue weighted by molar-refractivity contribution is 5.81. The van der Waals surface area contributed by atoms with Crippen molar-refractivity contribution >= 4 is 40.8 Å². The quantitative estimate of drug-likeness (QED) is 0.236. The summed E-state index contributed by atoms with van der Waals surface area (Å²) < 4.78 is 12.2. The van der Waals surface area contributed by atoms with Gasteiger partial charge in [-0.15, -0.1) is 0 Å². The third-order valence-corrected chi connectivity index (χ3v) is 6.93. The molecule has 1 fully saturated rings. The van der Waals surface area contributed by atoms with Crippen LogP contribution in [0.5, 0.6) is 0 Å². The molecule has 7 nitrogen and oxygen atoms in total. The van der Waals surface area contributed by atoms with E-state index in [0.29, 0.717) is 11.8 Å². The van der Waals surface area contributed by atoms with Crippen molar-refractivity contribution in [2.45, 2.75) is 27.2 Å². The van der Waals surface area contributed by atoms with Gasteiger partial charge in [-0.05, 0) is 79.9 Å². The number of para-hydroxylation sites is 2. The smallest absolute Gasteiger partial charge is 0.305 e. The van der Waals surface area contributed by atoms with Gasteiger partial charge in [0.25, 0.3) is 6.02 Å². The van der Waals surface area contributed by atoms with Crippen LogP contribution in [-0.2, 0) is 14.3 Å². The van der Waals surface area contributed by atoms with E-state index in [2.05, 4.69) is 60.4 Å². The average Bonchev–Trinajstić information content (AvgIpc) is 3.17. The maximum atomic E-state index is 11.3. The second-order valence-corrected chi connectivity index (χ2v) is 10.3. The molecule has 5 rings (SSSR count). The molecule has 0 spiro atoms. The second kappa shape index (κ2) is 13.2. The van der Waals surface area contributed by atoms with Gasteiger partial charge in [-0.2, -0.15) is 4.99 Å². The SMILES string of the molecule is Cc1cc(C)c(N=C2O/C(=C/c3ccc(N(c4ccccc4)c4ccccc4)cc3)COCN2CCC(=O)O)c(C)c1. The number of benzene rings is 4. The van der Waals surface area contributed by atoms with Crippen LogP contribution in [0.2, 0.25) is 0 Å². The number of amidine groups is 1. The first kappa shape index (κ1) is 28.6. The van der Waals surface area contributed by atoms with Crippen molar-refractivity contribution in [3.63, 3.8) is 0 Å². The van der Waals surface area contributed by atoms with E-state index in [1.807, 2.05) is 68.5 Å². The lowest BCUT2D eigenvalue weighted by Gasteiger charge is -2.25. The Labute approximate surface area is 247 Å². The summed E-state index contributed by atoms with van der Waals surface area (Å²) in [6, 6.07) is 33.3. The molecule has 7 heteroatoms. The molecule has 1 saturated heterocycles. The van der Waals surface area contributed by atoms with Crippen LogP contribution >= 0.6 is 0 Å². The van der Waals surface area contributed by atoms with Crippen molar-refractivity contribution in [3.8, 4) is 0 Å². The van der Waals surface area contributed by atoms with E-state index >= 15 is 0 Å². The fraction of sp³-hybridized carbons (Fsp3) is 0.200. The van der Waals surface area contributed by atoms with Gasteiger partial charge < -0.3 is 24.4 Å². The summed E-state index contributed by atoms with van der Waals surface area (Å²) in [5.74, 6) is -0.304. The van der Waals surface area contributed by atoms with E-state index in [-0.39, 0.29) is 26.3 Å². The number of anilines is 3. The Morgan fingerprint density at radius 3 is 2.02 bits per heavy atom. The van der Waals surface area contributed by atoms with Crippen LogP contribution in [0.4, 0.5) is 22.7 Å². The van der Waals surface area contributed by atoms with Gasteiger partial charge in [0.15, 0.2) is 0 Å². The van der Waals surface area contributed by atoms with Gasteiger partial charge in [0, 0.05) is 23.6 Å².